The van der Waals surface area contributed by atoms with Crippen molar-refractivity contribution in [1.29, 1.82) is 0 Å². The van der Waals surface area contributed by atoms with Crippen LogP contribution in [0.5, 0.6) is 0 Å². The summed E-state index contributed by atoms with van der Waals surface area (Å²) < 4.78 is 14.8. The minimum absolute atomic E-state index is 0.0784. The van der Waals surface area contributed by atoms with Gasteiger partial charge in [-0.15, -0.1) is 0 Å². The van der Waals surface area contributed by atoms with E-state index < -0.39 is 23.2 Å². The van der Waals surface area contributed by atoms with Crippen LogP contribution in [0, 0.1) is 5.82 Å². The molecule has 0 radical (unpaired) electrons. The van der Waals surface area contributed by atoms with Gasteiger partial charge in [-0.3, -0.25) is 30.1 Å². The maximum absolute atomic E-state index is 13.5. The number of nitrogens with zero attached hydrogens (tertiary/aromatic N) is 2. The van der Waals surface area contributed by atoms with E-state index in [1.54, 1.807) is 48.5 Å². The van der Waals surface area contributed by atoms with Crippen molar-refractivity contribution in [1.82, 2.24) is 20.2 Å². The molecule has 0 unspecified atom stereocenters. The largest absolute Gasteiger partial charge is 0.399 e. The first-order chi connectivity index (χ1) is 20.5. The fraction of sp³-hybridized carbons (Fsp3) is 0.194. The molecule has 0 fully saturated rings. The number of anilines is 2. The van der Waals surface area contributed by atoms with Crippen molar-refractivity contribution in [2.75, 3.05) is 11.1 Å². The van der Waals surface area contributed by atoms with Crippen LogP contribution in [-0.2, 0) is 24.4 Å². The first-order valence-electron chi connectivity index (χ1n) is 13.5. The van der Waals surface area contributed by atoms with Crippen molar-refractivity contribution in [2.24, 2.45) is 5.73 Å². The van der Waals surface area contributed by atoms with E-state index in [4.69, 9.17) is 16.9 Å². The summed E-state index contributed by atoms with van der Waals surface area (Å²) in [5, 5.41) is 14.2. The lowest BCUT2D eigenvalue weighted by Crippen LogP contribution is -2.46. The van der Waals surface area contributed by atoms with Gasteiger partial charge in [0.25, 0.3) is 17.3 Å². The molecule has 4 rings (SSSR count). The number of halogens is 1. The van der Waals surface area contributed by atoms with Crippen molar-refractivity contribution >= 4 is 29.2 Å². The molecule has 3 aromatic carbocycles. The van der Waals surface area contributed by atoms with E-state index in [-0.39, 0.29) is 48.6 Å². The van der Waals surface area contributed by atoms with Gasteiger partial charge in [-0.1, -0.05) is 24.3 Å². The maximum Gasteiger partial charge on any atom is 0.294 e. The van der Waals surface area contributed by atoms with Crippen LogP contribution in [0.4, 0.5) is 15.9 Å². The Balaban J connectivity index is 1.60. The predicted octanol–water partition coefficient (Wildman–Crippen LogP) is 1.16. The Morgan fingerprint density at radius 2 is 1.70 bits per heavy atom. The molecule has 12 heteroatoms. The second kappa shape index (κ2) is 13.4. The highest BCUT2D eigenvalue weighted by molar-refractivity contribution is 5.96. The highest BCUT2D eigenvalue weighted by Crippen LogP contribution is 2.23. The van der Waals surface area contributed by atoms with E-state index in [1.807, 2.05) is 13.8 Å². The van der Waals surface area contributed by atoms with Gasteiger partial charge in [-0.2, -0.15) is 0 Å². The van der Waals surface area contributed by atoms with Gasteiger partial charge in [0, 0.05) is 35.9 Å². The summed E-state index contributed by atoms with van der Waals surface area (Å²) >= 11 is 0. The lowest BCUT2D eigenvalue weighted by Gasteiger charge is -2.17. The van der Waals surface area contributed by atoms with Gasteiger partial charge in [-0.25, -0.2) is 9.37 Å². The molecule has 4 aromatic rings. The number of benzene rings is 3. The number of nitrogen functional groups attached to an aromatic ring is 1. The van der Waals surface area contributed by atoms with Gasteiger partial charge in [0.1, 0.15) is 12.4 Å². The Kier molecular flexibility index (Phi) is 9.51. The number of rotatable bonds is 11. The molecule has 9 N–H and O–H groups in total. The maximum atomic E-state index is 13.5. The number of amidine groups is 1. The topological polar surface area (TPSA) is 183 Å². The van der Waals surface area contributed by atoms with Gasteiger partial charge < -0.3 is 21.7 Å². The monoisotopic (exact) mass is 585 g/mol. The van der Waals surface area contributed by atoms with Gasteiger partial charge in [0.05, 0.1) is 17.5 Å². The lowest BCUT2D eigenvalue weighted by molar-refractivity contribution is -0.121. The number of nitrogens with one attached hydrogen (secondary N) is 3. The molecular weight excluding hydrogens is 551 g/mol. The summed E-state index contributed by atoms with van der Waals surface area (Å²) in [7, 11) is 0. The quantitative estimate of drug-likeness (QED) is 0.0867. The fourth-order valence-electron chi connectivity index (χ4n) is 4.32. The zero-order chi connectivity index (χ0) is 31.1. The van der Waals surface area contributed by atoms with Gasteiger partial charge in [0.15, 0.2) is 5.82 Å². The molecule has 0 saturated carbocycles. The van der Waals surface area contributed by atoms with E-state index >= 15 is 0 Å². The van der Waals surface area contributed by atoms with E-state index in [0.717, 1.165) is 5.56 Å². The number of carbonyl (C=O) groups excluding carboxylic acids is 2. The average Bonchev–Trinajstić information content (AvgIpc) is 2.96. The standard InChI is InChI=1S/C31H33FN8O3/c1-18(2)39-29-31(43)40(17-27(41)36-14-19-6-8-21(9-7-19)28(34)35)26(16-37-29)22-11-23(13-25(33)12-22)30(42)38-15-20-4-3-5-24(32)10-20/h3-13,16,18H,14-15,17,33H2,1-2H3,(H3,34,35)(H,36,41)(H,37,39)(H,38,42)/p+1. The predicted molar refractivity (Wildman–Crippen MR) is 163 cm³/mol. The van der Waals surface area contributed by atoms with Crippen LogP contribution < -0.4 is 38.4 Å². The zero-order valence-electron chi connectivity index (χ0n) is 23.9. The summed E-state index contributed by atoms with van der Waals surface area (Å²) in [6.45, 7) is 3.72. The molecule has 1 heterocycles. The molecular formula is C31H34FN8O3+. The van der Waals surface area contributed by atoms with Crippen LogP contribution in [0.1, 0.15) is 40.9 Å². The smallest absolute Gasteiger partial charge is 0.294 e. The molecule has 222 valence electrons. The molecule has 0 bridgehead atoms. The van der Waals surface area contributed by atoms with E-state index in [1.165, 1.54) is 29.0 Å². The number of aromatic nitrogens is 2. The minimum atomic E-state index is -0.515. The number of carbonyl (C=O) groups is 2. The van der Waals surface area contributed by atoms with Crippen LogP contribution in [-0.4, -0.2) is 33.2 Å². The third kappa shape index (κ3) is 8.03. The molecule has 0 aliphatic rings. The van der Waals surface area contributed by atoms with E-state index in [9.17, 15) is 18.8 Å². The highest BCUT2D eigenvalue weighted by atomic mass is 19.1. The second-order valence-electron chi connectivity index (χ2n) is 10.3. The zero-order valence-corrected chi connectivity index (χ0v) is 23.9. The van der Waals surface area contributed by atoms with Crippen LogP contribution >= 0.6 is 0 Å². The van der Waals surface area contributed by atoms with Gasteiger partial charge in [0.2, 0.25) is 5.91 Å². The Labute approximate surface area is 247 Å². The molecule has 1 aromatic heterocycles. The lowest BCUT2D eigenvalue weighted by atomic mass is 10.1. The normalized spacial score (nSPS) is 10.8. The van der Waals surface area contributed by atoms with Crippen LogP contribution in [0.3, 0.4) is 0 Å². The highest BCUT2D eigenvalue weighted by Gasteiger charge is 2.18. The summed E-state index contributed by atoms with van der Waals surface area (Å²) in [4.78, 5) is 43.8. The summed E-state index contributed by atoms with van der Waals surface area (Å²) in [6, 6.07) is 17.5. The fourth-order valence-corrected chi connectivity index (χ4v) is 4.32. The molecule has 11 nitrogen and oxygen atoms in total. The van der Waals surface area contributed by atoms with Crippen LogP contribution in [0.15, 0.2) is 77.7 Å². The third-order valence-corrected chi connectivity index (χ3v) is 6.41. The molecule has 2 amide bonds. The molecule has 0 aliphatic carbocycles. The van der Waals surface area contributed by atoms with Crippen molar-refractivity contribution in [3.63, 3.8) is 0 Å². The number of nitrogens with two attached hydrogens (primary N) is 3. The van der Waals surface area contributed by atoms with Gasteiger partial charge >= 0.3 is 0 Å². The second-order valence-corrected chi connectivity index (χ2v) is 10.3. The van der Waals surface area contributed by atoms with E-state index in [2.05, 4.69) is 20.9 Å². The average molecular weight is 586 g/mol. The van der Waals surface area contributed by atoms with Crippen molar-refractivity contribution in [2.45, 2.75) is 39.5 Å². The Morgan fingerprint density at radius 3 is 2.37 bits per heavy atom. The number of amides is 2. The van der Waals surface area contributed by atoms with Crippen LogP contribution in [0.25, 0.3) is 11.3 Å². The Hall–Kier alpha value is -5.52. The molecule has 0 spiro atoms. The van der Waals surface area contributed by atoms with Crippen molar-refractivity contribution in [3.05, 3.63) is 111 Å². The number of hydrogen-bond donors (Lipinski definition) is 6. The molecule has 0 atom stereocenters. The third-order valence-electron chi connectivity index (χ3n) is 6.41. The Morgan fingerprint density at radius 1 is 0.977 bits per heavy atom. The first kappa shape index (κ1) is 30.4. The molecule has 43 heavy (non-hydrogen) atoms. The van der Waals surface area contributed by atoms with Gasteiger partial charge in [-0.05, 0) is 67.4 Å². The molecule has 0 saturated heterocycles. The summed E-state index contributed by atoms with van der Waals surface area (Å²) in [5.74, 6) is -1.00. The number of hydrogen-bond acceptors (Lipinski definition) is 6. The summed E-state index contributed by atoms with van der Waals surface area (Å²) in [5.41, 5.74) is 14.5. The van der Waals surface area contributed by atoms with Crippen molar-refractivity contribution < 1.29 is 19.4 Å². The minimum Gasteiger partial charge on any atom is -0.399 e. The first-order valence-corrected chi connectivity index (χ1v) is 13.5. The molecule has 0 aliphatic heterocycles. The van der Waals surface area contributed by atoms with Crippen LogP contribution in [0.2, 0.25) is 0 Å². The van der Waals surface area contributed by atoms with E-state index in [0.29, 0.717) is 22.4 Å². The Bertz CT molecular complexity index is 1720. The van der Waals surface area contributed by atoms with Crippen molar-refractivity contribution in [3.8, 4) is 11.3 Å². The summed E-state index contributed by atoms with van der Waals surface area (Å²) in [6.07, 6.45) is 1.45. The SMILES string of the molecule is CC(C)Nc1ncc(-c2cc(N)cc(C(=O)NCc3cccc(F)c3)c2)n(CC(=O)NCc2ccc(C(N)=[NH2+])cc2)c1=O.